The van der Waals surface area contributed by atoms with Crippen LogP contribution in [-0.4, -0.2) is 29.1 Å². The molecule has 172 valence electrons. The molecule has 0 fully saturated rings. The summed E-state index contributed by atoms with van der Waals surface area (Å²) in [5.41, 5.74) is 4.40. The van der Waals surface area contributed by atoms with Crippen LogP contribution in [0.15, 0.2) is 97.2 Å². The summed E-state index contributed by atoms with van der Waals surface area (Å²) in [6.45, 7) is 0. The van der Waals surface area contributed by atoms with Crippen molar-refractivity contribution in [2.45, 2.75) is 0 Å². The minimum absolute atomic E-state index is 0. The van der Waals surface area contributed by atoms with E-state index in [-0.39, 0.29) is 28.1 Å². The molecule has 0 N–H and O–H groups in total. The normalized spacial score (nSPS) is 12.0. The number of ether oxygens (including phenoxy) is 1. The Labute approximate surface area is 218 Å². The minimum Gasteiger partial charge on any atom is -0.537 e. The van der Waals surface area contributed by atoms with Crippen LogP contribution in [0.1, 0.15) is 0 Å². The van der Waals surface area contributed by atoms with Gasteiger partial charge in [-0.15, -0.1) is 41.4 Å². The van der Waals surface area contributed by atoms with E-state index in [0.717, 1.165) is 28.2 Å². The molecule has 0 aliphatic carbocycles. The molecule has 0 unspecified atom stereocenters. The zero-order valence-corrected chi connectivity index (χ0v) is 21.0. The van der Waals surface area contributed by atoms with Gasteiger partial charge in [-0.05, 0) is 31.3 Å². The van der Waals surface area contributed by atoms with Crippen molar-refractivity contribution >= 4 is 18.2 Å². The molecule has 1 aliphatic heterocycles. The van der Waals surface area contributed by atoms with Gasteiger partial charge >= 0.3 is 28.1 Å². The first kappa shape index (κ1) is 22.9. The van der Waals surface area contributed by atoms with Crippen molar-refractivity contribution in [2.24, 2.45) is 0 Å². The van der Waals surface area contributed by atoms with E-state index in [1.807, 2.05) is 104 Å². The molecule has 6 rings (SSSR count). The zero-order valence-electron chi connectivity index (χ0n) is 18.7. The van der Waals surface area contributed by atoms with Gasteiger partial charge in [-0.3, -0.25) is 0 Å². The molecule has 2 heterocycles. The second-order valence-corrected chi connectivity index (χ2v) is 7.93. The summed E-state index contributed by atoms with van der Waals surface area (Å²) in [5, 5.41) is 8.54. The molecular formula is C27H19BN4O2Pt. The summed E-state index contributed by atoms with van der Waals surface area (Å²) in [4.78, 5) is 2.09. The Hall–Kier alpha value is -3.83. The molecule has 1 aromatic heterocycles. The van der Waals surface area contributed by atoms with Crippen molar-refractivity contribution in [3.63, 3.8) is 0 Å². The van der Waals surface area contributed by atoms with E-state index < -0.39 is 0 Å². The van der Waals surface area contributed by atoms with E-state index >= 15 is 0 Å². The molecule has 4 aromatic carbocycles. The molecule has 0 atom stereocenters. The number of benzene rings is 4. The van der Waals surface area contributed by atoms with Crippen LogP contribution in [0.4, 0.5) is 5.69 Å². The van der Waals surface area contributed by atoms with Gasteiger partial charge in [0.15, 0.2) is 0 Å². The predicted octanol–water partition coefficient (Wildman–Crippen LogP) is 4.55. The molecule has 0 bridgehead atoms. The second kappa shape index (κ2) is 9.81. The fourth-order valence-electron chi connectivity index (χ4n) is 3.98. The van der Waals surface area contributed by atoms with Crippen molar-refractivity contribution < 1.29 is 30.5 Å². The van der Waals surface area contributed by atoms with Gasteiger partial charge < -0.3 is 14.2 Å². The van der Waals surface area contributed by atoms with Crippen LogP contribution >= 0.6 is 0 Å². The average Bonchev–Trinajstić information content (AvgIpc) is 3.51. The van der Waals surface area contributed by atoms with E-state index in [4.69, 9.17) is 9.39 Å². The first-order valence-electron chi connectivity index (χ1n) is 10.9. The zero-order chi connectivity index (χ0) is 22.9. The predicted molar refractivity (Wildman–Crippen MR) is 132 cm³/mol. The van der Waals surface area contributed by atoms with Gasteiger partial charge in [0.25, 0.3) is 0 Å². The summed E-state index contributed by atoms with van der Waals surface area (Å²) < 4.78 is 14.0. The Morgan fingerprint density at radius 3 is 2.40 bits per heavy atom. The maximum Gasteiger partial charge on any atom is 2.00 e. The fraction of sp³-hybridized carbons (Fsp3) is 0.0370. The fourth-order valence-corrected chi connectivity index (χ4v) is 3.98. The van der Waals surface area contributed by atoms with Crippen LogP contribution in [0.2, 0.25) is 0 Å². The Balaban J connectivity index is 0.00000253. The van der Waals surface area contributed by atoms with Crippen LogP contribution < -0.4 is 19.7 Å². The number of aromatic nitrogens is 3. The second-order valence-electron chi connectivity index (χ2n) is 7.93. The van der Waals surface area contributed by atoms with Crippen molar-refractivity contribution in [3.05, 3.63) is 109 Å². The third kappa shape index (κ3) is 4.60. The Morgan fingerprint density at radius 1 is 0.829 bits per heavy atom. The standard InChI is InChI=1S/C27H19BN4O2.Pt/c1-31-26-15-5-6-16-27(26)34-28(31)21-10-8-14-24(18-21)33-23-13-7-9-20(17-23)25-19-32(30-29-25)22-11-3-2-4-12-22;/h2-16,19H,1H3;/q-2;+2. The van der Waals surface area contributed by atoms with E-state index in [1.54, 1.807) is 4.68 Å². The molecule has 8 heteroatoms. The summed E-state index contributed by atoms with van der Waals surface area (Å²) >= 11 is 0. The number of anilines is 1. The van der Waals surface area contributed by atoms with E-state index in [2.05, 4.69) is 27.3 Å². The first-order valence-corrected chi connectivity index (χ1v) is 10.9. The quantitative estimate of drug-likeness (QED) is 0.209. The van der Waals surface area contributed by atoms with Crippen LogP contribution in [0.25, 0.3) is 16.9 Å². The van der Waals surface area contributed by atoms with Crippen LogP contribution in [0.5, 0.6) is 17.2 Å². The largest absolute Gasteiger partial charge is 2.00 e. The van der Waals surface area contributed by atoms with Gasteiger partial charge in [0.2, 0.25) is 0 Å². The topological polar surface area (TPSA) is 52.4 Å². The Morgan fingerprint density at radius 2 is 1.57 bits per heavy atom. The van der Waals surface area contributed by atoms with Crippen LogP contribution in [-0.2, 0) is 21.1 Å². The van der Waals surface area contributed by atoms with Crippen molar-refractivity contribution in [1.29, 1.82) is 0 Å². The third-order valence-electron chi connectivity index (χ3n) is 5.67. The number of hydrogen-bond acceptors (Lipinski definition) is 5. The smallest absolute Gasteiger partial charge is 0.537 e. The van der Waals surface area contributed by atoms with E-state index in [9.17, 15) is 0 Å². The maximum absolute atomic E-state index is 6.14. The monoisotopic (exact) mass is 637 g/mol. The molecule has 35 heavy (non-hydrogen) atoms. The van der Waals surface area contributed by atoms with Crippen LogP contribution in [0, 0.1) is 12.1 Å². The Bertz CT molecular complexity index is 1460. The van der Waals surface area contributed by atoms with Gasteiger partial charge in [0.1, 0.15) is 5.75 Å². The van der Waals surface area contributed by atoms with Crippen molar-refractivity contribution in [1.82, 2.24) is 15.0 Å². The summed E-state index contributed by atoms with van der Waals surface area (Å²) in [6, 6.07) is 36.0. The third-order valence-corrected chi connectivity index (χ3v) is 5.67. The molecule has 0 spiro atoms. The van der Waals surface area contributed by atoms with Gasteiger partial charge in [-0.25, -0.2) is 4.68 Å². The van der Waals surface area contributed by atoms with Gasteiger partial charge in [-0.2, -0.15) is 17.2 Å². The molecule has 0 saturated heterocycles. The Kier molecular flexibility index (Phi) is 6.43. The molecule has 0 radical (unpaired) electrons. The van der Waals surface area contributed by atoms with Gasteiger partial charge in [0, 0.05) is 23.4 Å². The SMILES string of the molecule is CN1B(c2[c-]c(Oc3[c-]c(-c4cn(-c5ccccc5)nn4)ccc3)ccc2)Oc2ccccc21.[Pt+2]. The van der Waals surface area contributed by atoms with E-state index in [1.165, 1.54) is 0 Å². The summed E-state index contributed by atoms with van der Waals surface area (Å²) in [7, 11) is 1.75. The molecular weight excluding hydrogens is 618 g/mol. The maximum atomic E-state index is 6.14. The summed E-state index contributed by atoms with van der Waals surface area (Å²) in [5.74, 6) is 2.02. The van der Waals surface area contributed by atoms with E-state index in [0.29, 0.717) is 17.2 Å². The first-order chi connectivity index (χ1) is 16.7. The molecule has 1 aliphatic rings. The summed E-state index contributed by atoms with van der Waals surface area (Å²) in [6.07, 6.45) is 1.88. The molecule has 5 aromatic rings. The molecule has 6 nitrogen and oxygen atoms in total. The van der Waals surface area contributed by atoms with Crippen molar-refractivity contribution in [2.75, 3.05) is 11.9 Å². The molecule has 0 saturated carbocycles. The molecule has 0 amide bonds. The van der Waals surface area contributed by atoms with Gasteiger partial charge in [-0.1, -0.05) is 41.6 Å². The van der Waals surface area contributed by atoms with Crippen LogP contribution in [0.3, 0.4) is 0 Å². The number of hydrogen-bond donors (Lipinski definition) is 0. The van der Waals surface area contributed by atoms with Gasteiger partial charge in [0.05, 0.1) is 11.4 Å². The number of para-hydroxylation sites is 3. The number of nitrogens with zero attached hydrogens (tertiary/aromatic N) is 4. The average molecular weight is 637 g/mol. The number of rotatable bonds is 5. The van der Waals surface area contributed by atoms with Crippen molar-refractivity contribution in [3.8, 4) is 34.2 Å². The number of fused-ring (bicyclic) bond motifs is 1. The minimum atomic E-state index is -0.260.